The highest BCUT2D eigenvalue weighted by Crippen LogP contribution is 1.95. The summed E-state index contributed by atoms with van der Waals surface area (Å²) in [5.41, 5.74) is 0. The monoisotopic (exact) mass is 165 g/mol. The summed E-state index contributed by atoms with van der Waals surface area (Å²) in [5, 5.41) is 0. The van der Waals surface area contributed by atoms with Crippen LogP contribution in [0.2, 0.25) is 0 Å². The van der Waals surface area contributed by atoms with Crippen LogP contribution in [-0.4, -0.2) is 10.3 Å². The Labute approximate surface area is 60.4 Å². The fourth-order valence-electron chi connectivity index (χ4n) is 0.399. The van der Waals surface area contributed by atoms with Gasteiger partial charge >= 0.3 is 4.94 Å². The van der Waals surface area contributed by atoms with Gasteiger partial charge in [0.25, 0.3) is 0 Å². The molecule has 5 heteroatoms. The number of nitrogens with zero attached hydrogens (tertiary/aromatic N) is 1. The molecular formula is C4H4ClNO2S. The molecule has 1 heterocycles. The third-order valence-corrected chi connectivity index (χ3v) is 1.45. The average molecular weight is 166 g/mol. The summed E-state index contributed by atoms with van der Waals surface area (Å²) < 4.78 is 8.27. The molecule has 0 aromatic carbocycles. The zero-order valence-corrected chi connectivity index (χ0v) is 6.04. The Kier molecular flexibility index (Phi) is 2.24. The highest BCUT2D eigenvalue weighted by atomic mass is 35.5. The van der Waals surface area contributed by atoms with Crippen molar-refractivity contribution in [1.82, 2.24) is 4.37 Å². The number of hydrogen-bond donors (Lipinski definition) is 0. The van der Waals surface area contributed by atoms with Crippen LogP contribution in [0.4, 0.5) is 0 Å². The maximum atomic E-state index is 10.3. The zero-order valence-electron chi connectivity index (χ0n) is 4.46. The topological polar surface area (TPSA) is 43.1 Å². The third kappa shape index (κ3) is 1.80. The Morgan fingerprint density at radius 3 is 3.00 bits per heavy atom. The minimum Gasteiger partial charge on any atom is -0.399 e. The van der Waals surface area contributed by atoms with Crippen molar-refractivity contribution in [3.63, 3.8) is 0 Å². The van der Waals surface area contributed by atoms with Gasteiger partial charge in [-0.2, -0.15) is 4.37 Å². The van der Waals surface area contributed by atoms with Crippen molar-refractivity contribution in [2.45, 2.75) is 6.42 Å². The predicted molar refractivity (Wildman–Crippen MR) is 35.1 cm³/mol. The van der Waals surface area contributed by atoms with Crippen molar-refractivity contribution in [3.8, 4) is 0 Å². The number of rotatable bonds is 2. The summed E-state index contributed by atoms with van der Waals surface area (Å²) in [7, 11) is 0. The predicted octanol–water partition coefficient (Wildman–Crippen LogP) is 0.878. The first-order valence-corrected chi connectivity index (χ1v) is 3.65. The van der Waals surface area contributed by atoms with Crippen molar-refractivity contribution >= 4 is 23.1 Å². The second-order valence-electron chi connectivity index (χ2n) is 1.37. The van der Waals surface area contributed by atoms with Crippen LogP contribution in [0.15, 0.2) is 9.21 Å². The summed E-state index contributed by atoms with van der Waals surface area (Å²) >= 11 is 6.16. The first kappa shape index (κ1) is 6.77. The number of hydrogen-bond acceptors (Lipinski definition) is 4. The molecule has 50 valence electrons. The summed E-state index contributed by atoms with van der Waals surface area (Å²) in [6.07, 6.45) is 0.528. The normalized spacial score (nSPS) is 9.89. The van der Waals surface area contributed by atoms with Gasteiger partial charge in [-0.15, -0.1) is 11.6 Å². The fraction of sp³-hybridized carbons (Fsp3) is 0.500. The SMILES string of the molecule is O=c1oc(CCCl)ns1. The Hall–Kier alpha value is -0.350. The van der Waals surface area contributed by atoms with Crippen molar-refractivity contribution in [1.29, 1.82) is 0 Å². The van der Waals surface area contributed by atoms with E-state index in [9.17, 15) is 4.79 Å². The molecular weight excluding hydrogens is 162 g/mol. The summed E-state index contributed by atoms with van der Waals surface area (Å²) in [6.45, 7) is 0. The van der Waals surface area contributed by atoms with E-state index in [1.807, 2.05) is 0 Å². The van der Waals surface area contributed by atoms with Crippen LogP contribution in [0.1, 0.15) is 5.89 Å². The van der Waals surface area contributed by atoms with Gasteiger partial charge in [-0.25, -0.2) is 4.79 Å². The van der Waals surface area contributed by atoms with Gasteiger partial charge in [0.2, 0.25) is 5.89 Å². The standard InChI is InChI=1S/C4H4ClNO2S/c5-2-1-3-6-9-4(7)8-3/h1-2H2. The van der Waals surface area contributed by atoms with Crippen molar-refractivity contribution in [3.05, 3.63) is 15.6 Å². The number of alkyl halides is 1. The van der Waals surface area contributed by atoms with Gasteiger partial charge in [-0.05, 0) is 0 Å². The molecule has 0 atom stereocenters. The summed E-state index contributed by atoms with van der Waals surface area (Å²) in [5.74, 6) is 0.868. The van der Waals surface area contributed by atoms with Crippen molar-refractivity contribution < 1.29 is 4.42 Å². The molecule has 0 N–H and O–H groups in total. The first-order chi connectivity index (χ1) is 4.33. The highest BCUT2D eigenvalue weighted by Gasteiger charge is 1.98. The van der Waals surface area contributed by atoms with Gasteiger partial charge in [0, 0.05) is 23.8 Å². The Morgan fingerprint density at radius 2 is 2.56 bits per heavy atom. The van der Waals surface area contributed by atoms with Crippen LogP contribution in [0.25, 0.3) is 0 Å². The number of aryl methyl sites for hydroxylation is 1. The van der Waals surface area contributed by atoms with Gasteiger partial charge in [0.05, 0.1) is 0 Å². The van der Waals surface area contributed by atoms with E-state index in [4.69, 9.17) is 11.6 Å². The summed E-state index contributed by atoms with van der Waals surface area (Å²) in [4.78, 5) is 9.95. The molecule has 1 aromatic rings. The Bertz CT molecular complexity index is 230. The number of halogens is 1. The van der Waals surface area contributed by atoms with Crippen LogP contribution < -0.4 is 4.94 Å². The van der Waals surface area contributed by atoms with Crippen molar-refractivity contribution in [2.75, 3.05) is 5.88 Å². The van der Waals surface area contributed by atoms with Gasteiger partial charge in [0.15, 0.2) is 0 Å². The van der Waals surface area contributed by atoms with E-state index in [0.29, 0.717) is 18.2 Å². The molecule has 0 bridgehead atoms. The minimum absolute atomic E-state index is 0.366. The second kappa shape index (κ2) is 2.98. The van der Waals surface area contributed by atoms with E-state index in [-0.39, 0.29) is 4.94 Å². The fourth-order valence-corrected chi connectivity index (χ4v) is 0.999. The smallest absolute Gasteiger partial charge is 0.399 e. The van der Waals surface area contributed by atoms with Gasteiger partial charge in [-0.3, -0.25) is 0 Å². The average Bonchev–Trinajstić information content (AvgIpc) is 2.17. The maximum absolute atomic E-state index is 10.3. The van der Waals surface area contributed by atoms with E-state index >= 15 is 0 Å². The molecule has 0 aliphatic heterocycles. The molecule has 0 amide bonds. The van der Waals surface area contributed by atoms with Crippen LogP contribution >= 0.6 is 23.1 Å². The highest BCUT2D eigenvalue weighted by molar-refractivity contribution is 7.02. The van der Waals surface area contributed by atoms with Gasteiger partial charge < -0.3 is 4.42 Å². The molecule has 1 aromatic heterocycles. The Morgan fingerprint density at radius 1 is 1.78 bits per heavy atom. The molecule has 0 unspecified atom stereocenters. The zero-order chi connectivity index (χ0) is 6.69. The van der Waals surface area contributed by atoms with Gasteiger partial charge in [0.1, 0.15) is 0 Å². The summed E-state index contributed by atoms with van der Waals surface area (Å²) in [6, 6.07) is 0. The maximum Gasteiger partial charge on any atom is 0.414 e. The van der Waals surface area contributed by atoms with Gasteiger partial charge in [-0.1, -0.05) is 0 Å². The largest absolute Gasteiger partial charge is 0.414 e. The van der Waals surface area contributed by atoms with Crippen LogP contribution in [0, 0.1) is 0 Å². The molecule has 0 fully saturated rings. The Balaban J connectivity index is 2.73. The second-order valence-corrected chi connectivity index (χ2v) is 2.44. The van der Waals surface area contributed by atoms with Crippen LogP contribution in [-0.2, 0) is 6.42 Å². The molecule has 0 radical (unpaired) electrons. The molecule has 0 aliphatic carbocycles. The minimum atomic E-state index is -0.366. The van der Waals surface area contributed by atoms with Crippen LogP contribution in [0.3, 0.4) is 0 Å². The quantitative estimate of drug-likeness (QED) is 0.611. The first-order valence-electron chi connectivity index (χ1n) is 2.34. The molecule has 9 heavy (non-hydrogen) atoms. The lowest BCUT2D eigenvalue weighted by Gasteiger charge is -1.80. The molecule has 3 nitrogen and oxygen atoms in total. The van der Waals surface area contributed by atoms with Crippen LogP contribution in [0.5, 0.6) is 0 Å². The molecule has 0 saturated heterocycles. The van der Waals surface area contributed by atoms with E-state index in [1.54, 1.807) is 0 Å². The molecule has 0 aliphatic rings. The lowest BCUT2D eigenvalue weighted by atomic mass is 10.5. The number of aromatic nitrogens is 1. The third-order valence-electron chi connectivity index (χ3n) is 0.731. The van der Waals surface area contributed by atoms with E-state index < -0.39 is 0 Å². The van der Waals surface area contributed by atoms with E-state index in [0.717, 1.165) is 11.5 Å². The lowest BCUT2D eigenvalue weighted by Crippen LogP contribution is -1.86. The van der Waals surface area contributed by atoms with Crippen molar-refractivity contribution in [2.24, 2.45) is 0 Å². The lowest BCUT2D eigenvalue weighted by molar-refractivity contribution is 0.475. The molecule has 0 spiro atoms. The van der Waals surface area contributed by atoms with E-state index in [1.165, 1.54) is 0 Å². The molecule has 0 saturated carbocycles. The molecule has 1 rings (SSSR count). The van der Waals surface area contributed by atoms with E-state index in [2.05, 4.69) is 8.79 Å².